The standard InChI is InChI=1S/C23H24N4OS2/c1-14-16(4-3-9-27(14)10-11-28-2)21-13-18-17(7-8-25-22(18)30-21)23-26-19-12-15(24)5-6-20(19)29-23/h4-8,12-14H,3,9-11,24H2,1-2H3. The Kier molecular flexibility index (Phi) is 5.28. The molecule has 4 aromatic rings. The highest BCUT2D eigenvalue weighted by molar-refractivity contribution is 7.22. The Morgan fingerprint density at radius 1 is 1.23 bits per heavy atom. The summed E-state index contributed by atoms with van der Waals surface area (Å²) >= 11 is 3.47. The first-order valence-electron chi connectivity index (χ1n) is 10.1. The first kappa shape index (κ1) is 19.6. The van der Waals surface area contributed by atoms with Crippen molar-refractivity contribution in [2.45, 2.75) is 19.4 Å². The number of nitrogens with zero attached hydrogens (tertiary/aromatic N) is 3. The number of hydrogen-bond donors (Lipinski definition) is 1. The van der Waals surface area contributed by atoms with Gasteiger partial charge in [0.25, 0.3) is 0 Å². The van der Waals surface area contributed by atoms with E-state index in [9.17, 15) is 0 Å². The van der Waals surface area contributed by atoms with Gasteiger partial charge in [0.05, 0.1) is 16.8 Å². The van der Waals surface area contributed by atoms with Crippen LogP contribution in [0.3, 0.4) is 0 Å². The van der Waals surface area contributed by atoms with Gasteiger partial charge in [0, 0.05) is 54.0 Å². The number of fused-ring (bicyclic) bond motifs is 2. The second-order valence-electron chi connectivity index (χ2n) is 7.59. The van der Waals surface area contributed by atoms with E-state index in [2.05, 4.69) is 35.0 Å². The van der Waals surface area contributed by atoms with Crippen molar-refractivity contribution >= 4 is 54.4 Å². The molecule has 30 heavy (non-hydrogen) atoms. The van der Waals surface area contributed by atoms with E-state index < -0.39 is 0 Å². The Hall–Kier alpha value is -2.32. The highest BCUT2D eigenvalue weighted by Gasteiger charge is 2.24. The van der Waals surface area contributed by atoms with Crippen LogP contribution in [0.15, 0.2) is 42.6 Å². The van der Waals surface area contributed by atoms with Crippen molar-refractivity contribution in [2.24, 2.45) is 0 Å². The zero-order chi connectivity index (χ0) is 20.7. The number of aromatic nitrogens is 2. The zero-order valence-corrected chi connectivity index (χ0v) is 18.7. The van der Waals surface area contributed by atoms with Crippen LogP contribution in [0.5, 0.6) is 0 Å². The normalized spacial score (nSPS) is 17.7. The third kappa shape index (κ3) is 3.52. The molecule has 2 N–H and O–H groups in total. The molecule has 0 fully saturated rings. The second kappa shape index (κ2) is 8.07. The van der Waals surface area contributed by atoms with E-state index in [1.165, 1.54) is 15.8 Å². The summed E-state index contributed by atoms with van der Waals surface area (Å²) in [6.45, 7) is 5.09. The number of benzene rings is 1. The quantitative estimate of drug-likeness (QED) is 0.431. The Labute approximate surface area is 183 Å². The molecule has 0 saturated carbocycles. The number of anilines is 1. The number of pyridine rings is 1. The van der Waals surface area contributed by atoms with Gasteiger partial charge in [-0.05, 0) is 49.2 Å². The van der Waals surface area contributed by atoms with E-state index in [0.717, 1.165) is 57.4 Å². The molecule has 7 heteroatoms. The number of thiazole rings is 1. The lowest BCUT2D eigenvalue weighted by atomic mass is 9.99. The molecule has 0 radical (unpaired) electrons. The summed E-state index contributed by atoms with van der Waals surface area (Å²) in [4.78, 5) is 14.4. The first-order chi connectivity index (χ1) is 14.6. The number of methoxy groups -OCH3 is 1. The molecule has 0 amide bonds. The van der Waals surface area contributed by atoms with Gasteiger partial charge in [-0.25, -0.2) is 9.97 Å². The predicted octanol–water partition coefficient (Wildman–Crippen LogP) is 5.28. The van der Waals surface area contributed by atoms with Gasteiger partial charge in [-0.2, -0.15) is 0 Å². The smallest absolute Gasteiger partial charge is 0.125 e. The van der Waals surface area contributed by atoms with Crippen LogP contribution in [0.2, 0.25) is 0 Å². The van der Waals surface area contributed by atoms with Gasteiger partial charge >= 0.3 is 0 Å². The van der Waals surface area contributed by atoms with E-state index in [4.69, 9.17) is 15.5 Å². The fourth-order valence-corrected chi connectivity index (χ4v) is 6.23. The number of nitrogen functional groups attached to an aromatic ring is 1. The van der Waals surface area contributed by atoms with Gasteiger partial charge in [-0.1, -0.05) is 6.08 Å². The number of thiophene rings is 1. The lowest BCUT2D eigenvalue weighted by Gasteiger charge is -2.33. The maximum atomic E-state index is 5.94. The third-order valence-electron chi connectivity index (χ3n) is 5.72. The summed E-state index contributed by atoms with van der Waals surface area (Å²) < 4.78 is 6.45. The minimum absolute atomic E-state index is 0.371. The van der Waals surface area contributed by atoms with Crippen LogP contribution in [0.4, 0.5) is 5.69 Å². The fourth-order valence-electron chi connectivity index (χ4n) is 4.10. The molecule has 0 spiro atoms. The maximum absolute atomic E-state index is 5.94. The molecule has 1 unspecified atom stereocenters. The van der Waals surface area contributed by atoms with Crippen molar-refractivity contribution in [2.75, 3.05) is 32.5 Å². The topological polar surface area (TPSA) is 64.3 Å². The Morgan fingerprint density at radius 3 is 3.00 bits per heavy atom. The maximum Gasteiger partial charge on any atom is 0.125 e. The molecule has 5 nitrogen and oxygen atoms in total. The number of nitrogens with two attached hydrogens (primary N) is 1. The highest BCUT2D eigenvalue weighted by Crippen LogP contribution is 2.40. The molecule has 1 aliphatic heterocycles. The molecule has 1 aromatic carbocycles. The van der Waals surface area contributed by atoms with Crippen LogP contribution in [-0.4, -0.2) is 47.7 Å². The van der Waals surface area contributed by atoms with E-state index in [-0.39, 0.29) is 0 Å². The van der Waals surface area contributed by atoms with Crippen molar-refractivity contribution in [1.29, 1.82) is 0 Å². The van der Waals surface area contributed by atoms with E-state index in [1.54, 1.807) is 29.8 Å². The number of hydrogen-bond acceptors (Lipinski definition) is 7. The minimum Gasteiger partial charge on any atom is -0.399 e. The van der Waals surface area contributed by atoms with Crippen molar-refractivity contribution in [1.82, 2.24) is 14.9 Å². The Morgan fingerprint density at radius 2 is 2.13 bits per heavy atom. The number of rotatable bonds is 5. The molecule has 0 bridgehead atoms. The van der Waals surface area contributed by atoms with E-state index in [1.807, 2.05) is 24.4 Å². The SMILES string of the molecule is COCCN1CCC=C(c2cc3c(-c4nc5cc(N)ccc5s4)ccnc3s2)C1C. The summed E-state index contributed by atoms with van der Waals surface area (Å²) in [7, 11) is 1.76. The van der Waals surface area contributed by atoms with Crippen molar-refractivity contribution in [3.05, 3.63) is 47.5 Å². The van der Waals surface area contributed by atoms with Crippen LogP contribution in [-0.2, 0) is 4.74 Å². The largest absolute Gasteiger partial charge is 0.399 e. The molecular formula is C23H24N4OS2. The highest BCUT2D eigenvalue weighted by atomic mass is 32.1. The van der Waals surface area contributed by atoms with Crippen LogP contribution in [0, 0.1) is 0 Å². The first-order valence-corrected chi connectivity index (χ1v) is 11.8. The van der Waals surface area contributed by atoms with E-state index in [0.29, 0.717) is 6.04 Å². The molecule has 1 aliphatic rings. The van der Waals surface area contributed by atoms with Crippen LogP contribution in [0.1, 0.15) is 18.2 Å². The monoisotopic (exact) mass is 436 g/mol. The third-order valence-corrected chi connectivity index (χ3v) is 7.89. The summed E-state index contributed by atoms with van der Waals surface area (Å²) in [5.41, 5.74) is 10.2. The summed E-state index contributed by atoms with van der Waals surface area (Å²) in [5.74, 6) is 0. The van der Waals surface area contributed by atoms with Gasteiger partial charge in [0.15, 0.2) is 0 Å². The van der Waals surface area contributed by atoms with Crippen LogP contribution < -0.4 is 5.73 Å². The van der Waals surface area contributed by atoms with Gasteiger partial charge in [0.2, 0.25) is 0 Å². The van der Waals surface area contributed by atoms with Crippen LogP contribution in [0.25, 0.3) is 36.6 Å². The van der Waals surface area contributed by atoms with E-state index >= 15 is 0 Å². The zero-order valence-electron chi connectivity index (χ0n) is 17.1. The Balaban J connectivity index is 1.54. The van der Waals surface area contributed by atoms with Crippen molar-refractivity contribution in [3.63, 3.8) is 0 Å². The number of ether oxygens (including phenoxy) is 1. The van der Waals surface area contributed by atoms with Crippen molar-refractivity contribution < 1.29 is 4.74 Å². The Bertz CT molecular complexity index is 1240. The average Bonchev–Trinajstić information content (AvgIpc) is 3.36. The molecular weight excluding hydrogens is 412 g/mol. The molecule has 4 heterocycles. The van der Waals surface area contributed by atoms with Gasteiger partial charge in [0.1, 0.15) is 9.84 Å². The molecule has 5 rings (SSSR count). The predicted molar refractivity (Wildman–Crippen MR) is 128 cm³/mol. The molecule has 1 atom stereocenters. The van der Waals surface area contributed by atoms with Gasteiger partial charge < -0.3 is 10.5 Å². The molecule has 3 aromatic heterocycles. The summed E-state index contributed by atoms with van der Waals surface area (Å²) in [6.07, 6.45) is 5.35. The average molecular weight is 437 g/mol. The molecule has 154 valence electrons. The lowest BCUT2D eigenvalue weighted by Crippen LogP contribution is -2.39. The summed E-state index contributed by atoms with van der Waals surface area (Å²) in [6, 6.07) is 10.7. The van der Waals surface area contributed by atoms with Gasteiger partial charge in [-0.3, -0.25) is 4.90 Å². The molecule has 0 saturated heterocycles. The summed E-state index contributed by atoms with van der Waals surface area (Å²) in [5, 5.41) is 2.19. The van der Waals surface area contributed by atoms with Crippen LogP contribution >= 0.6 is 22.7 Å². The van der Waals surface area contributed by atoms with Crippen molar-refractivity contribution in [3.8, 4) is 10.6 Å². The second-order valence-corrected chi connectivity index (χ2v) is 9.65. The fraction of sp³-hybridized carbons (Fsp3) is 0.304. The van der Waals surface area contributed by atoms with Gasteiger partial charge in [-0.15, -0.1) is 22.7 Å². The lowest BCUT2D eigenvalue weighted by molar-refractivity contribution is 0.137. The minimum atomic E-state index is 0.371. The molecule has 0 aliphatic carbocycles.